The third-order valence-corrected chi connectivity index (χ3v) is 8.84. The Balaban J connectivity index is 2.23. The topological polar surface area (TPSA) is 44.1 Å². The van der Waals surface area contributed by atoms with Crippen LogP contribution in [0.4, 0.5) is 0 Å². The summed E-state index contributed by atoms with van der Waals surface area (Å²) in [7, 11) is 1.42. The summed E-state index contributed by atoms with van der Waals surface area (Å²) in [6, 6.07) is 6.39. The molecule has 0 saturated heterocycles. The third kappa shape index (κ3) is 2.34. The predicted octanol–water partition coefficient (Wildman–Crippen LogP) is 2.70. The quantitative estimate of drug-likeness (QED) is 0.609. The van der Waals surface area contributed by atoms with E-state index < -0.39 is 18.4 Å². The molecule has 0 atom stereocenters. The Hall–Kier alpha value is -1.04. The van der Waals surface area contributed by atoms with Crippen molar-refractivity contribution in [3.63, 3.8) is 0 Å². The van der Waals surface area contributed by atoms with E-state index in [0.717, 1.165) is 5.39 Å². The van der Waals surface area contributed by atoms with Crippen LogP contribution in [0.25, 0.3) is 10.9 Å². The monoisotopic (exact) mass is 380 g/mol. The van der Waals surface area contributed by atoms with E-state index in [4.69, 9.17) is 9.84 Å². The number of methoxy groups -OCH3 is 1. The van der Waals surface area contributed by atoms with Crippen LogP contribution in [0.2, 0.25) is 14.8 Å². The molecule has 0 radical (unpaired) electrons. The van der Waals surface area contributed by atoms with Gasteiger partial charge in [0.05, 0.1) is 0 Å². The molecule has 106 valence electrons. The number of ether oxygens (including phenoxy) is 1. The molecule has 1 aromatic heterocycles. The average molecular weight is 379 g/mol. The van der Waals surface area contributed by atoms with Gasteiger partial charge in [0.15, 0.2) is 0 Å². The van der Waals surface area contributed by atoms with Crippen molar-refractivity contribution in [2.75, 3.05) is 7.11 Å². The van der Waals surface area contributed by atoms with Crippen molar-refractivity contribution in [3.05, 3.63) is 23.8 Å². The first-order chi connectivity index (χ1) is 9.41. The molecular weight excluding hydrogens is 359 g/mol. The van der Waals surface area contributed by atoms with Gasteiger partial charge in [-0.15, -0.1) is 0 Å². The van der Waals surface area contributed by atoms with Crippen LogP contribution in [0.15, 0.2) is 18.2 Å². The Kier molecular flexibility index (Phi) is 3.31. The van der Waals surface area contributed by atoms with Crippen LogP contribution in [0, 0.1) is 0 Å². The molecule has 20 heavy (non-hydrogen) atoms. The van der Waals surface area contributed by atoms with E-state index in [1.165, 1.54) is 29.2 Å². The van der Waals surface area contributed by atoms with Gasteiger partial charge >= 0.3 is 123 Å². The fraction of sp³-hybridized carbons (Fsp3) is 0.467. The number of hydrogen-bond acceptors (Lipinski definition) is 3. The van der Waals surface area contributed by atoms with E-state index in [9.17, 15) is 4.79 Å². The number of esters is 1. The molecule has 0 amide bonds. The summed E-state index contributed by atoms with van der Waals surface area (Å²) < 4.78 is 8.26. The molecule has 0 aliphatic heterocycles. The number of aromatic nitrogens is 2. The number of benzene rings is 1. The van der Waals surface area contributed by atoms with E-state index in [1.807, 2.05) is 18.2 Å². The first-order valence-corrected chi connectivity index (χ1v) is 17.0. The van der Waals surface area contributed by atoms with Crippen molar-refractivity contribution in [2.45, 2.75) is 33.7 Å². The molecule has 1 aliphatic rings. The van der Waals surface area contributed by atoms with Gasteiger partial charge < -0.3 is 0 Å². The zero-order chi connectivity index (χ0) is 14.5. The molecule has 5 heteroatoms. The zero-order valence-electron chi connectivity index (χ0n) is 12.4. The van der Waals surface area contributed by atoms with Gasteiger partial charge in [-0.25, -0.2) is 0 Å². The standard InChI is InChI=1S/C12H11N2O2.3CH3.Sn/c1-16-12(15)8-2-5-11-9(6-8)7-13-14(11)10-3-4-10;;;;/h2,5-6,10H,3-4H2,1H3;3*1H3;. The first-order valence-electron chi connectivity index (χ1n) is 7.03. The molecule has 3 rings (SSSR count). The van der Waals surface area contributed by atoms with Gasteiger partial charge in [-0.3, -0.25) is 0 Å². The van der Waals surface area contributed by atoms with Gasteiger partial charge in [-0.05, 0) is 0 Å². The summed E-state index contributed by atoms with van der Waals surface area (Å²) in [5, 5.41) is 6.06. The van der Waals surface area contributed by atoms with Crippen molar-refractivity contribution < 1.29 is 9.53 Å². The number of hydrogen-bond donors (Lipinski definition) is 0. The summed E-state index contributed by atoms with van der Waals surface area (Å²) in [5.41, 5.74) is 1.79. The van der Waals surface area contributed by atoms with Gasteiger partial charge in [0, 0.05) is 0 Å². The summed E-state index contributed by atoms with van der Waals surface area (Å²) in [6.45, 7) is 0. The molecule has 0 unspecified atom stereocenters. The summed E-state index contributed by atoms with van der Waals surface area (Å²) in [4.78, 5) is 18.8. The molecule has 0 spiro atoms. The summed E-state index contributed by atoms with van der Waals surface area (Å²) in [6.07, 6.45) is 2.43. The van der Waals surface area contributed by atoms with Crippen LogP contribution in [-0.2, 0) is 4.74 Å². The molecule has 1 saturated carbocycles. The number of rotatable bonds is 3. The molecule has 4 nitrogen and oxygen atoms in total. The van der Waals surface area contributed by atoms with Crippen LogP contribution in [0.3, 0.4) is 0 Å². The second-order valence-electron chi connectivity index (χ2n) is 6.50. The Labute approximate surface area is 123 Å². The molecule has 1 fully saturated rings. The number of fused-ring (bicyclic) bond motifs is 1. The van der Waals surface area contributed by atoms with Crippen LogP contribution in [0.1, 0.15) is 29.2 Å². The van der Waals surface area contributed by atoms with E-state index in [0.29, 0.717) is 11.6 Å². The first kappa shape index (κ1) is 13.9. The van der Waals surface area contributed by atoms with Gasteiger partial charge in [-0.2, -0.15) is 0 Å². The van der Waals surface area contributed by atoms with E-state index in [-0.39, 0.29) is 5.97 Å². The van der Waals surface area contributed by atoms with E-state index >= 15 is 0 Å². The van der Waals surface area contributed by atoms with E-state index in [1.54, 1.807) is 0 Å². The zero-order valence-corrected chi connectivity index (χ0v) is 15.3. The Morgan fingerprint density at radius 3 is 2.60 bits per heavy atom. The second kappa shape index (κ2) is 4.75. The minimum atomic E-state index is -2.31. The predicted molar refractivity (Wildman–Crippen MR) is 82.3 cm³/mol. The fourth-order valence-corrected chi connectivity index (χ4v) is 6.58. The van der Waals surface area contributed by atoms with Crippen molar-refractivity contribution >= 4 is 39.0 Å². The molecule has 0 N–H and O–H groups in total. The Morgan fingerprint density at radius 1 is 1.35 bits per heavy atom. The van der Waals surface area contributed by atoms with Crippen LogP contribution in [-0.4, -0.2) is 41.2 Å². The van der Waals surface area contributed by atoms with Gasteiger partial charge in [0.25, 0.3) is 0 Å². The molecule has 1 aliphatic carbocycles. The number of carbonyl (C=O) groups excluding carboxylic acids is 1. The molecular formula is C15H20N2O2Sn. The Morgan fingerprint density at radius 2 is 2.05 bits per heavy atom. The Bertz CT molecular complexity index is 681. The van der Waals surface area contributed by atoms with Crippen molar-refractivity contribution in [3.8, 4) is 0 Å². The maximum atomic E-state index is 11.7. The van der Waals surface area contributed by atoms with Crippen molar-refractivity contribution in [1.82, 2.24) is 9.78 Å². The minimum absolute atomic E-state index is 0.277. The molecule has 0 bridgehead atoms. The normalized spacial score (nSPS) is 15.6. The summed E-state index contributed by atoms with van der Waals surface area (Å²) in [5.74, 6) is -0.277. The number of nitrogens with zero attached hydrogens (tertiary/aromatic N) is 2. The number of carbonyl (C=O) groups is 1. The third-order valence-electron chi connectivity index (χ3n) is 3.73. The van der Waals surface area contributed by atoms with Gasteiger partial charge in [0.2, 0.25) is 0 Å². The van der Waals surface area contributed by atoms with Crippen molar-refractivity contribution in [1.29, 1.82) is 0 Å². The fourth-order valence-electron chi connectivity index (χ4n) is 2.54. The van der Waals surface area contributed by atoms with E-state index in [2.05, 4.69) is 19.5 Å². The SMILES string of the molecule is COC(=O)c1ccc2c(c1)[c]([Sn]([CH3])([CH3])[CH3])nn2C1CC1. The maximum absolute atomic E-state index is 11.7. The van der Waals surface area contributed by atoms with Crippen molar-refractivity contribution in [2.24, 2.45) is 0 Å². The molecule has 1 aromatic carbocycles. The summed E-state index contributed by atoms with van der Waals surface area (Å²) >= 11 is -2.31. The van der Waals surface area contributed by atoms with Crippen LogP contribution >= 0.6 is 0 Å². The van der Waals surface area contributed by atoms with Gasteiger partial charge in [-0.1, -0.05) is 0 Å². The van der Waals surface area contributed by atoms with Crippen LogP contribution in [0.5, 0.6) is 0 Å². The molecule has 2 aromatic rings. The van der Waals surface area contributed by atoms with Gasteiger partial charge in [0.1, 0.15) is 0 Å². The second-order valence-corrected chi connectivity index (χ2v) is 20.7. The average Bonchev–Trinajstić information content (AvgIpc) is 3.16. The molecule has 1 heterocycles. The van der Waals surface area contributed by atoms with Crippen LogP contribution < -0.4 is 3.71 Å².